The molecule has 14 heteroatoms. The number of sulfonamides is 1. The van der Waals surface area contributed by atoms with Gasteiger partial charge >= 0.3 is 15.5 Å². The largest absolute Gasteiger partial charge is 0.516 e. The Morgan fingerprint density at radius 3 is 2.28 bits per heavy atom. The van der Waals surface area contributed by atoms with Gasteiger partial charge in [-0.2, -0.15) is 21.6 Å². The lowest BCUT2D eigenvalue weighted by Crippen LogP contribution is -2.48. The summed E-state index contributed by atoms with van der Waals surface area (Å²) in [6.07, 6.45) is 1.39. The van der Waals surface area contributed by atoms with Gasteiger partial charge in [0, 0.05) is 37.1 Å². The third-order valence-corrected chi connectivity index (χ3v) is 8.18. The lowest BCUT2D eigenvalue weighted by Gasteiger charge is -2.34. The molecule has 39 heavy (non-hydrogen) atoms. The van der Waals surface area contributed by atoms with Crippen LogP contribution >= 0.6 is 0 Å². The van der Waals surface area contributed by atoms with Crippen molar-refractivity contribution in [2.45, 2.75) is 30.6 Å². The van der Waals surface area contributed by atoms with E-state index in [1.54, 1.807) is 23.9 Å². The van der Waals surface area contributed by atoms with Crippen molar-refractivity contribution in [2.75, 3.05) is 36.4 Å². The van der Waals surface area contributed by atoms with Gasteiger partial charge in [-0.3, -0.25) is 4.90 Å². The predicted molar refractivity (Wildman–Crippen MR) is 141 cm³/mol. The standard InChI is InChI=1S/C25H27F3N8O2S/c1-34(15-19-11-7-4-8-12-19)23-22-21(13-18-9-5-3-6-10-18)35(2)20(14-32-33-29)16-36(24(22)31-17-30-23)39(37,38)25(26,27)28/h3-12,17,20-21H,13-16H2,1-2H3/t20-,21-/m1/s1. The molecule has 0 aliphatic carbocycles. The van der Waals surface area contributed by atoms with E-state index in [9.17, 15) is 21.6 Å². The highest BCUT2D eigenvalue weighted by molar-refractivity contribution is 7.93. The number of alkyl halides is 3. The van der Waals surface area contributed by atoms with Crippen LogP contribution in [0.3, 0.4) is 0 Å². The first kappa shape index (κ1) is 28.1. The van der Waals surface area contributed by atoms with Crippen LogP contribution in [-0.2, 0) is 23.0 Å². The van der Waals surface area contributed by atoms with Crippen molar-refractivity contribution < 1.29 is 21.6 Å². The van der Waals surface area contributed by atoms with E-state index in [1.165, 1.54) is 0 Å². The second-order valence-corrected chi connectivity index (χ2v) is 11.1. The predicted octanol–water partition coefficient (Wildman–Crippen LogP) is 4.68. The number of hydrogen-bond acceptors (Lipinski definition) is 7. The minimum Gasteiger partial charge on any atom is -0.355 e. The summed E-state index contributed by atoms with van der Waals surface area (Å²) in [5.41, 5.74) is 5.39. The van der Waals surface area contributed by atoms with Crippen LogP contribution in [0.15, 0.2) is 72.1 Å². The fraction of sp³-hybridized carbons (Fsp3) is 0.360. The van der Waals surface area contributed by atoms with Crippen molar-refractivity contribution in [1.29, 1.82) is 0 Å². The first-order chi connectivity index (χ1) is 18.5. The molecular formula is C25H27F3N8O2S. The van der Waals surface area contributed by atoms with Crippen LogP contribution in [0.2, 0.25) is 0 Å². The number of aromatic nitrogens is 2. The number of benzene rings is 2. The Morgan fingerprint density at radius 1 is 1.08 bits per heavy atom. The zero-order valence-electron chi connectivity index (χ0n) is 21.3. The van der Waals surface area contributed by atoms with E-state index in [2.05, 4.69) is 20.0 Å². The van der Waals surface area contributed by atoms with Crippen molar-refractivity contribution in [2.24, 2.45) is 5.11 Å². The number of likely N-dealkylation sites (N-methyl/N-ethyl adjacent to an activating group) is 1. The molecule has 0 fully saturated rings. The number of azide groups is 1. The molecule has 206 valence electrons. The van der Waals surface area contributed by atoms with Crippen LogP contribution in [0.5, 0.6) is 0 Å². The molecule has 2 heterocycles. The minimum absolute atomic E-state index is 0.235. The molecule has 2 atom stereocenters. The molecule has 2 aromatic carbocycles. The van der Waals surface area contributed by atoms with E-state index < -0.39 is 34.2 Å². The van der Waals surface area contributed by atoms with Gasteiger partial charge < -0.3 is 4.90 Å². The summed E-state index contributed by atoms with van der Waals surface area (Å²) in [6.45, 7) is -0.506. The summed E-state index contributed by atoms with van der Waals surface area (Å²) in [5.74, 6) is -0.0584. The maximum absolute atomic E-state index is 13.9. The highest BCUT2D eigenvalue weighted by atomic mass is 32.2. The molecule has 0 radical (unpaired) electrons. The van der Waals surface area contributed by atoms with Gasteiger partial charge in [-0.1, -0.05) is 65.8 Å². The summed E-state index contributed by atoms with van der Waals surface area (Å²) in [7, 11) is -2.44. The molecule has 0 saturated heterocycles. The van der Waals surface area contributed by atoms with Crippen LogP contribution in [0.1, 0.15) is 22.7 Å². The number of fused-ring (bicyclic) bond motifs is 1. The van der Waals surface area contributed by atoms with Gasteiger partial charge in [-0.15, -0.1) is 0 Å². The molecule has 0 bridgehead atoms. The molecular weight excluding hydrogens is 533 g/mol. The normalized spacial score (nSPS) is 18.1. The summed E-state index contributed by atoms with van der Waals surface area (Å²) in [6, 6.07) is 17.2. The van der Waals surface area contributed by atoms with Crippen LogP contribution < -0.4 is 9.21 Å². The van der Waals surface area contributed by atoms with Crippen LogP contribution in [0.4, 0.5) is 24.8 Å². The Labute approximate surface area is 224 Å². The van der Waals surface area contributed by atoms with Crippen molar-refractivity contribution in [3.8, 4) is 0 Å². The average molecular weight is 561 g/mol. The Morgan fingerprint density at radius 2 is 1.69 bits per heavy atom. The Hall–Kier alpha value is -3.87. The van der Waals surface area contributed by atoms with Gasteiger partial charge in [-0.05, 0) is 30.1 Å². The number of halogens is 3. The monoisotopic (exact) mass is 560 g/mol. The van der Waals surface area contributed by atoms with E-state index >= 15 is 0 Å². The summed E-state index contributed by atoms with van der Waals surface area (Å²) in [5, 5.41) is 3.57. The molecule has 4 rings (SSSR count). The zero-order chi connectivity index (χ0) is 28.2. The fourth-order valence-corrected chi connectivity index (χ4v) is 5.70. The second kappa shape index (κ2) is 11.5. The lowest BCUT2D eigenvalue weighted by atomic mass is 9.97. The Bertz CT molecular complexity index is 1430. The maximum Gasteiger partial charge on any atom is 0.516 e. The van der Waals surface area contributed by atoms with Crippen molar-refractivity contribution >= 4 is 21.7 Å². The first-order valence-corrected chi connectivity index (χ1v) is 13.4. The van der Waals surface area contributed by atoms with Crippen molar-refractivity contribution in [1.82, 2.24) is 14.9 Å². The third-order valence-electron chi connectivity index (χ3n) is 6.69. The summed E-state index contributed by atoms with van der Waals surface area (Å²) in [4.78, 5) is 14.8. The molecule has 1 aliphatic heterocycles. The number of hydrogen-bond donors (Lipinski definition) is 0. The topological polar surface area (TPSA) is 118 Å². The number of nitrogens with zero attached hydrogens (tertiary/aromatic N) is 8. The van der Waals surface area contributed by atoms with Crippen LogP contribution in [0.25, 0.3) is 10.4 Å². The molecule has 10 nitrogen and oxygen atoms in total. The molecule has 0 amide bonds. The SMILES string of the molecule is CN(Cc1ccccc1)c1ncnc2c1[C@@H](Cc1ccccc1)N(C)[C@H](CN=[N+]=[N-])CN2S(=O)(=O)C(F)(F)F. The molecule has 0 N–H and O–H groups in total. The third kappa shape index (κ3) is 5.92. The molecule has 1 aliphatic rings. The van der Waals surface area contributed by atoms with Gasteiger partial charge in [-0.25, -0.2) is 14.3 Å². The quantitative estimate of drug-likeness (QED) is 0.224. The van der Waals surface area contributed by atoms with E-state index in [1.807, 2.05) is 60.7 Å². The Kier molecular flexibility index (Phi) is 8.28. The zero-order valence-corrected chi connectivity index (χ0v) is 22.1. The first-order valence-electron chi connectivity index (χ1n) is 12.0. The second-order valence-electron chi connectivity index (χ2n) is 9.20. The van der Waals surface area contributed by atoms with Crippen molar-refractivity contribution in [3.63, 3.8) is 0 Å². The molecule has 3 aromatic rings. The van der Waals surface area contributed by atoms with E-state index in [0.717, 1.165) is 17.5 Å². The molecule has 1 aromatic heterocycles. The number of rotatable bonds is 8. The molecule has 0 spiro atoms. The van der Waals surface area contributed by atoms with Gasteiger partial charge in [0.15, 0.2) is 5.82 Å². The van der Waals surface area contributed by atoms with E-state index in [4.69, 9.17) is 5.53 Å². The highest BCUT2D eigenvalue weighted by Crippen LogP contribution is 2.43. The molecule has 0 unspecified atom stereocenters. The lowest BCUT2D eigenvalue weighted by molar-refractivity contribution is -0.0439. The van der Waals surface area contributed by atoms with Gasteiger partial charge in [0.05, 0.1) is 12.1 Å². The average Bonchev–Trinajstić information content (AvgIpc) is 3.03. The fourth-order valence-electron chi connectivity index (χ4n) is 4.71. The molecule has 0 saturated carbocycles. The van der Waals surface area contributed by atoms with Crippen molar-refractivity contribution in [3.05, 3.63) is 94.1 Å². The minimum atomic E-state index is -5.85. The summed E-state index contributed by atoms with van der Waals surface area (Å²) >= 11 is 0. The summed E-state index contributed by atoms with van der Waals surface area (Å²) < 4.78 is 67.9. The van der Waals surface area contributed by atoms with E-state index in [-0.39, 0.29) is 22.2 Å². The van der Waals surface area contributed by atoms with Crippen LogP contribution in [0, 0.1) is 0 Å². The van der Waals surface area contributed by atoms with Gasteiger partial charge in [0.1, 0.15) is 12.1 Å². The highest BCUT2D eigenvalue weighted by Gasteiger charge is 2.53. The van der Waals surface area contributed by atoms with Crippen LogP contribution in [-0.4, -0.2) is 62.0 Å². The number of anilines is 2. The van der Waals surface area contributed by atoms with E-state index in [0.29, 0.717) is 18.8 Å². The van der Waals surface area contributed by atoms with Gasteiger partial charge in [0.25, 0.3) is 0 Å². The Balaban J connectivity index is 1.94. The smallest absolute Gasteiger partial charge is 0.355 e. The van der Waals surface area contributed by atoms with Gasteiger partial charge in [0.2, 0.25) is 0 Å². The maximum atomic E-state index is 13.9.